The highest BCUT2D eigenvalue weighted by molar-refractivity contribution is 6.04. The van der Waals surface area contributed by atoms with Gasteiger partial charge in [0.2, 0.25) is 5.91 Å². The predicted octanol–water partition coefficient (Wildman–Crippen LogP) is 3.31. The molecule has 1 heterocycles. The van der Waals surface area contributed by atoms with Crippen LogP contribution in [0.4, 0.5) is 11.4 Å². The molecular weight excluding hydrogens is 344 g/mol. The van der Waals surface area contributed by atoms with E-state index in [1.54, 1.807) is 41.3 Å². The van der Waals surface area contributed by atoms with Crippen LogP contribution in [0.1, 0.15) is 35.7 Å². The zero-order valence-electron chi connectivity index (χ0n) is 15.4. The van der Waals surface area contributed by atoms with Crippen LogP contribution in [-0.4, -0.2) is 30.4 Å². The van der Waals surface area contributed by atoms with Crippen LogP contribution in [0.3, 0.4) is 0 Å². The Morgan fingerprint density at radius 1 is 1.11 bits per heavy atom. The van der Waals surface area contributed by atoms with Crippen molar-refractivity contribution in [1.82, 2.24) is 0 Å². The van der Waals surface area contributed by atoms with Crippen LogP contribution in [-0.2, 0) is 14.3 Å². The molecule has 0 aromatic heterocycles. The fraction of sp³-hybridized carbons (Fsp3) is 0.286. The van der Waals surface area contributed by atoms with Crippen molar-refractivity contribution in [2.75, 3.05) is 16.8 Å². The molecule has 1 aliphatic heterocycles. The molecule has 6 heteroatoms. The van der Waals surface area contributed by atoms with Crippen LogP contribution in [0.2, 0.25) is 0 Å². The van der Waals surface area contributed by atoms with Gasteiger partial charge < -0.3 is 15.0 Å². The van der Waals surface area contributed by atoms with Crippen LogP contribution >= 0.6 is 0 Å². The van der Waals surface area contributed by atoms with Gasteiger partial charge in [0.25, 0.3) is 5.91 Å². The van der Waals surface area contributed by atoms with Gasteiger partial charge in [-0.3, -0.25) is 9.59 Å². The monoisotopic (exact) mass is 366 g/mol. The molecule has 140 valence electrons. The summed E-state index contributed by atoms with van der Waals surface area (Å²) < 4.78 is 5.34. The number of para-hydroxylation sites is 1. The maximum atomic E-state index is 12.6. The number of rotatable bonds is 5. The van der Waals surface area contributed by atoms with Crippen molar-refractivity contribution in [3.63, 3.8) is 0 Å². The molecule has 0 saturated carbocycles. The number of anilines is 2. The first-order chi connectivity index (χ1) is 13.0. The number of carbonyl (C=O) groups excluding carboxylic acids is 3. The fourth-order valence-electron chi connectivity index (χ4n) is 2.94. The van der Waals surface area contributed by atoms with Crippen LogP contribution in [0.5, 0.6) is 0 Å². The van der Waals surface area contributed by atoms with Crippen molar-refractivity contribution in [1.29, 1.82) is 0 Å². The molecule has 0 spiro atoms. The first kappa shape index (κ1) is 18.6. The van der Waals surface area contributed by atoms with E-state index in [4.69, 9.17) is 4.74 Å². The number of ether oxygens (including phenoxy) is 1. The first-order valence-corrected chi connectivity index (χ1v) is 8.93. The molecule has 0 aliphatic carbocycles. The number of nitrogens with zero attached hydrogens (tertiary/aromatic N) is 1. The Balaban J connectivity index is 1.69. The lowest BCUT2D eigenvalue weighted by atomic mass is 10.1. The summed E-state index contributed by atoms with van der Waals surface area (Å²) in [7, 11) is 0. The summed E-state index contributed by atoms with van der Waals surface area (Å²) in [6, 6.07) is 14.1. The van der Waals surface area contributed by atoms with E-state index in [9.17, 15) is 14.4 Å². The van der Waals surface area contributed by atoms with E-state index in [0.29, 0.717) is 24.3 Å². The molecule has 2 amide bonds. The van der Waals surface area contributed by atoms with E-state index in [1.165, 1.54) is 6.92 Å². The van der Waals surface area contributed by atoms with Gasteiger partial charge in [-0.2, -0.15) is 0 Å². The van der Waals surface area contributed by atoms with Crippen molar-refractivity contribution in [2.45, 2.75) is 32.8 Å². The highest BCUT2D eigenvalue weighted by Gasteiger charge is 2.27. The number of nitrogens with one attached hydrogen (secondary N) is 1. The number of hydrogen-bond acceptors (Lipinski definition) is 4. The summed E-state index contributed by atoms with van der Waals surface area (Å²) in [6.45, 7) is 4.05. The molecule has 1 saturated heterocycles. The third-order valence-corrected chi connectivity index (χ3v) is 4.46. The van der Waals surface area contributed by atoms with E-state index in [2.05, 4.69) is 5.32 Å². The number of benzene rings is 2. The minimum absolute atomic E-state index is 0.0135. The van der Waals surface area contributed by atoms with Gasteiger partial charge in [-0.15, -0.1) is 0 Å². The number of amides is 2. The summed E-state index contributed by atoms with van der Waals surface area (Å²) in [5.41, 5.74) is 2.52. The molecule has 0 bridgehead atoms. The zero-order valence-corrected chi connectivity index (χ0v) is 15.4. The van der Waals surface area contributed by atoms with E-state index in [0.717, 1.165) is 12.0 Å². The van der Waals surface area contributed by atoms with Crippen LogP contribution < -0.4 is 10.2 Å². The van der Waals surface area contributed by atoms with Gasteiger partial charge in [-0.05, 0) is 44.5 Å². The molecule has 3 rings (SSSR count). The van der Waals surface area contributed by atoms with Gasteiger partial charge >= 0.3 is 5.97 Å². The van der Waals surface area contributed by atoms with Crippen molar-refractivity contribution in [3.05, 3.63) is 59.7 Å². The highest BCUT2D eigenvalue weighted by atomic mass is 16.5. The Kier molecular flexibility index (Phi) is 5.54. The lowest BCUT2D eigenvalue weighted by Crippen LogP contribution is -2.31. The van der Waals surface area contributed by atoms with E-state index in [1.807, 2.05) is 19.1 Å². The van der Waals surface area contributed by atoms with Gasteiger partial charge in [0.05, 0.1) is 11.3 Å². The van der Waals surface area contributed by atoms with Crippen molar-refractivity contribution in [2.24, 2.45) is 0 Å². The Bertz CT molecular complexity index is 861. The third kappa shape index (κ3) is 4.34. The minimum atomic E-state index is -0.971. The Morgan fingerprint density at radius 3 is 2.48 bits per heavy atom. The molecular formula is C21H22N2O4. The van der Waals surface area contributed by atoms with Crippen molar-refractivity contribution >= 4 is 29.2 Å². The first-order valence-electron chi connectivity index (χ1n) is 8.93. The van der Waals surface area contributed by atoms with Crippen molar-refractivity contribution in [3.8, 4) is 0 Å². The van der Waals surface area contributed by atoms with Gasteiger partial charge in [-0.1, -0.05) is 29.8 Å². The summed E-state index contributed by atoms with van der Waals surface area (Å²) in [4.78, 5) is 38.5. The predicted molar refractivity (Wildman–Crippen MR) is 103 cm³/mol. The van der Waals surface area contributed by atoms with Gasteiger partial charge in [0.1, 0.15) is 0 Å². The number of hydrogen-bond donors (Lipinski definition) is 1. The lowest BCUT2D eigenvalue weighted by molar-refractivity contribution is -0.123. The average Bonchev–Trinajstić information content (AvgIpc) is 3.09. The topological polar surface area (TPSA) is 75.7 Å². The quantitative estimate of drug-likeness (QED) is 0.824. The molecule has 1 aliphatic rings. The Labute approximate surface area is 158 Å². The summed E-state index contributed by atoms with van der Waals surface area (Å²) >= 11 is 0. The summed E-state index contributed by atoms with van der Waals surface area (Å²) in [5.74, 6) is -1.06. The SMILES string of the molecule is Cc1ccc(NC(=O)[C@H](C)OC(=O)c2ccccc2N2CCCC2=O)cc1. The molecule has 27 heavy (non-hydrogen) atoms. The molecule has 2 aromatic carbocycles. The van der Waals surface area contributed by atoms with Crippen LogP contribution in [0, 0.1) is 6.92 Å². The second-order valence-corrected chi connectivity index (χ2v) is 6.57. The minimum Gasteiger partial charge on any atom is -0.449 e. The second-order valence-electron chi connectivity index (χ2n) is 6.57. The smallest absolute Gasteiger partial charge is 0.341 e. The standard InChI is InChI=1S/C21H22N2O4/c1-14-9-11-16(12-10-14)22-20(25)15(2)27-21(26)17-6-3-4-7-18(17)23-13-5-8-19(23)24/h3-4,6-7,9-12,15H,5,8,13H2,1-2H3,(H,22,25)/t15-/m0/s1. The van der Waals surface area contributed by atoms with Gasteiger partial charge in [0, 0.05) is 18.7 Å². The van der Waals surface area contributed by atoms with Crippen LogP contribution in [0.25, 0.3) is 0 Å². The molecule has 6 nitrogen and oxygen atoms in total. The van der Waals surface area contributed by atoms with Crippen molar-refractivity contribution < 1.29 is 19.1 Å². The maximum Gasteiger partial charge on any atom is 0.341 e. The largest absolute Gasteiger partial charge is 0.449 e. The Morgan fingerprint density at radius 2 is 1.81 bits per heavy atom. The lowest BCUT2D eigenvalue weighted by Gasteiger charge is -2.20. The summed E-state index contributed by atoms with van der Waals surface area (Å²) in [6.07, 6.45) is 0.261. The third-order valence-electron chi connectivity index (χ3n) is 4.46. The molecule has 0 unspecified atom stereocenters. The summed E-state index contributed by atoms with van der Waals surface area (Å²) in [5, 5.41) is 2.72. The molecule has 1 fully saturated rings. The molecule has 0 radical (unpaired) electrons. The molecule has 1 atom stereocenters. The average molecular weight is 366 g/mol. The zero-order chi connectivity index (χ0) is 19.4. The highest BCUT2D eigenvalue weighted by Crippen LogP contribution is 2.26. The van der Waals surface area contributed by atoms with E-state index < -0.39 is 18.0 Å². The van der Waals surface area contributed by atoms with Crippen LogP contribution in [0.15, 0.2) is 48.5 Å². The number of aryl methyl sites for hydroxylation is 1. The number of carbonyl (C=O) groups is 3. The normalized spacial score (nSPS) is 14.7. The van der Waals surface area contributed by atoms with E-state index in [-0.39, 0.29) is 11.5 Å². The number of esters is 1. The maximum absolute atomic E-state index is 12.6. The Hall–Kier alpha value is -3.15. The van der Waals surface area contributed by atoms with Gasteiger partial charge in [-0.25, -0.2) is 4.79 Å². The second kappa shape index (κ2) is 8.03. The molecule has 2 aromatic rings. The molecule has 1 N–H and O–H groups in total. The fourth-order valence-corrected chi connectivity index (χ4v) is 2.94. The van der Waals surface area contributed by atoms with E-state index >= 15 is 0 Å². The van der Waals surface area contributed by atoms with Gasteiger partial charge in [0.15, 0.2) is 6.10 Å².